The van der Waals surface area contributed by atoms with Crippen LogP contribution in [0.15, 0.2) is 0 Å². The molecule has 0 fully saturated rings. The first-order chi connectivity index (χ1) is 7.95. The molecule has 0 aromatic rings. The molecule has 0 amide bonds. The second kappa shape index (κ2) is 11.1. The van der Waals surface area contributed by atoms with Gasteiger partial charge in [0.25, 0.3) is 0 Å². The van der Waals surface area contributed by atoms with Gasteiger partial charge in [-0.25, -0.2) is 0 Å². The molecular formula is C16H30O2Y-2. The van der Waals surface area contributed by atoms with Gasteiger partial charge in [0.1, 0.15) is 12.1 Å². The minimum absolute atomic E-state index is 0. The van der Waals surface area contributed by atoms with Crippen molar-refractivity contribution in [3.63, 3.8) is 0 Å². The SMILES string of the molecule is [CH2-]C(CC(C)(C)C)C(=O)C(C)(C)C.[CH2-]CCC=O.[Y]. The number of carbonyl (C=O) groups is 2. The molecule has 3 heteroatoms. The monoisotopic (exact) mass is 343 g/mol. The van der Waals surface area contributed by atoms with E-state index in [1.54, 1.807) is 0 Å². The van der Waals surface area contributed by atoms with Gasteiger partial charge >= 0.3 is 0 Å². The van der Waals surface area contributed by atoms with E-state index in [0.29, 0.717) is 6.42 Å². The van der Waals surface area contributed by atoms with Crippen LogP contribution >= 0.6 is 0 Å². The van der Waals surface area contributed by atoms with Crippen molar-refractivity contribution in [2.75, 3.05) is 0 Å². The first-order valence-electron chi connectivity index (χ1n) is 6.56. The van der Waals surface area contributed by atoms with Crippen LogP contribution in [0.2, 0.25) is 0 Å². The van der Waals surface area contributed by atoms with Crippen molar-refractivity contribution in [2.24, 2.45) is 16.7 Å². The molecule has 0 spiro atoms. The Kier molecular flexibility index (Phi) is 14.3. The Labute approximate surface area is 145 Å². The quantitative estimate of drug-likeness (QED) is 0.564. The van der Waals surface area contributed by atoms with Crippen LogP contribution < -0.4 is 0 Å². The second-order valence-electron chi connectivity index (χ2n) is 6.88. The molecule has 0 heterocycles. The maximum Gasteiger partial charge on any atom is 0.117 e. The topological polar surface area (TPSA) is 34.1 Å². The molecule has 1 unspecified atom stereocenters. The van der Waals surface area contributed by atoms with E-state index in [1.807, 2.05) is 20.8 Å². The fourth-order valence-electron chi connectivity index (χ4n) is 1.53. The van der Waals surface area contributed by atoms with E-state index in [0.717, 1.165) is 19.1 Å². The zero-order chi connectivity index (χ0) is 15.0. The first-order valence-corrected chi connectivity index (χ1v) is 6.56. The van der Waals surface area contributed by atoms with Gasteiger partial charge < -0.3 is 23.4 Å². The minimum Gasteiger partial charge on any atom is -0.343 e. The van der Waals surface area contributed by atoms with E-state index in [4.69, 9.17) is 0 Å². The molecular weight excluding hydrogens is 313 g/mol. The van der Waals surface area contributed by atoms with Gasteiger partial charge in [-0.2, -0.15) is 6.42 Å². The summed E-state index contributed by atoms with van der Waals surface area (Å²) in [5.41, 5.74) is -0.0645. The van der Waals surface area contributed by atoms with Crippen molar-refractivity contribution in [2.45, 2.75) is 60.8 Å². The predicted octanol–water partition coefficient (Wildman–Crippen LogP) is 4.29. The third-order valence-corrected chi connectivity index (χ3v) is 2.29. The maximum atomic E-state index is 11.8. The number of aldehydes is 1. The number of rotatable bonds is 4. The number of hydrogen-bond donors (Lipinski definition) is 0. The van der Waals surface area contributed by atoms with E-state index in [-0.39, 0.29) is 55.2 Å². The van der Waals surface area contributed by atoms with Gasteiger partial charge in [-0.15, -0.1) is 5.92 Å². The van der Waals surface area contributed by atoms with Gasteiger partial charge in [0.15, 0.2) is 0 Å². The summed E-state index contributed by atoms with van der Waals surface area (Å²) in [6.07, 6.45) is 3.06. The molecule has 0 bridgehead atoms. The van der Waals surface area contributed by atoms with Gasteiger partial charge in [0, 0.05) is 38.1 Å². The Morgan fingerprint density at radius 3 is 1.74 bits per heavy atom. The summed E-state index contributed by atoms with van der Waals surface area (Å²) in [4.78, 5) is 21.1. The largest absolute Gasteiger partial charge is 0.343 e. The second-order valence-corrected chi connectivity index (χ2v) is 6.88. The van der Waals surface area contributed by atoms with E-state index in [9.17, 15) is 9.59 Å². The van der Waals surface area contributed by atoms with Gasteiger partial charge in [0.05, 0.1) is 0 Å². The Hall–Kier alpha value is 0.444. The van der Waals surface area contributed by atoms with Crippen molar-refractivity contribution in [3.05, 3.63) is 13.8 Å². The number of carbonyl (C=O) groups excluding carboxylic acids is 2. The molecule has 0 saturated heterocycles. The van der Waals surface area contributed by atoms with Crippen LogP contribution in [-0.2, 0) is 42.3 Å². The minimum atomic E-state index is -0.252. The van der Waals surface area contributed by atoms with Gasteiger partial charge in [-0.3, -0.25) is 0 Å². The maximum absolute atomic E-state index is 11.8. The molecule has 0 saturated carbocycles. The molecule has 111 valence electrons. The molecule has 0 aromatic carbocycles. The van der Waals surface area contributed by atoms with E-state index in [1.165, 1.54) is 0 Å². The van der Waals surface area contributed by atoms with Crippen molar-refractivity contribution in [1.82, 2.24) is 0 Å². The van der Waals surface area contributed by atoms with Crippen molar-refractivity contribution in [3.8, 4) is 0 Å². The molecule has 0 aliphatic carbocycles. The van der Waals surface area contributed by atoms with Crippen LogP contribution in [0.3, 0.4) is 0 Å². The van der Waals surface area contributed by atoms with Crippen molar-refractivity contribution >= 4 is 12.1 Å². The van der Waals surface area contributed by atoms with E-state index in [2.05, 4.69) is 34.6 Å². The third kappa shape index (κ3) is 16.4. The number of hydrogen-bond acceptors (Lipinski definition) is 2. The molecule has 0 aliphatic rings. The standard InChI is InChI=1S/C12H23O.C4H7O.Y/c1-9(8-11(2,3)4)10(13)12(5,6)7;1-2-3-4-5;/h9H,1,8H2,2-7H3;4H,1-3H2;/q2*-1;. The number of unbranched alkanes of at least 4 members (excludes halogenated alkanes) is 1. The van der Waals surface area contributed by atoms with E-state index >= 15 is 0 Å². The molecule has 19 heavy (non-hydrogen) atoms. The Balaban J connectivity index is -0.000000366. The zero-order valence-electron chi connectivity index (χ0n) is 13.6. The number of Topliss-reactive ketones (excluding diaryl/α,β-unsaturated/α-hetero) is 1. The fraction of sp³-hybridized carbons (Fsp3) is 0.750. The van der Waals surface area contributed by atoms with Crippen molar-refractivity contribution < 1.29 is 42.3 Å². The Morgan fingerprint density at radius 2 is 1.58 bits per heavy atom. The predicted molar refractivity (Wildman–Crippen MR) is 78.0 cm³/mol. The van der Waals surface area contributed by atoms with Gasteiger partial charge in [-0.05, 0) is 11.8 Å². The molecule has 1 radical (unpaired) electrons. The molecule has 0 aromatic heterocycles. The summed E-state index contributed by atoms with van der Waals surface area (Å²) in [5.74, 6) is 0.197. The Morgan fingerprint density at radius 1 is 1.16 bits per heavy atom. The van der Waals surface area contributed by atoms with Crippen LogP contribution in [0, 0.1) is 30.6 Å². The summed E-state index contributed by atoms with van der Waals surface area (Å²) in [5, 5.41) is 0. The fourth-order valence-corrected chi connectivity index (χ4v) is 1.53. The molecule has 0 rings (SSSR count). The molecule has 1 atom stereocenters. The summed E-state index contributed by atoms with van der Waals surface area (Å²) in [6.45, 7) is 19.7. The van der Waals surface area contributed by atoms with Crippen LogP contribution in [-0.4, -0.2) is 12.1 Å². The number of ketones is 1. The van der Waals surface area contributed by atoms with Crippen LogP contribution in [0.1, 0.15) is 60.8 Å². The summed E-state index contributed by atoms with van der Waals surface area (Å²) >= 11 is 0. The average molecular weight is 343 g/mol. The van der Waals surface area contributed by atoms with Gasteiger partial charge in [0.2, 0.25) is 0 Å². The third-order valence-electron chi connectivity index (χ3n) is 2.29. The normalized spacial score (nSPS) is 12.6. The van der Waals surface area contributed by atoms with Crippen LogP contribution in [0.5, 0.6) is 0 Å². The summed E-state index contributed by atoms with van der Waals surface area (Å²) in [6, 6.07) is 0. The summed E-state index contributed by atoms with van der Waals surface area (Å²) < 4.78 is 0. The summed E-state index contributed by atoms with van der Waals surface area (Å²) in [7, 11) is 0. The van der Waals surface area contributed by atoms with Crippen LogP contribution in [0.25, 0.3) is 0 Å². The first kappa shape index (κ1) is 24.5. The van der Waals surface area contributed by atoms with Crippen molar-refractivity contribution in [1.29, 1.82) is 0 Å². The molecule has 0 aliphatic heterocycles. The average Bonchev–Trinajstić information content (AvgIpc) is 2.14. The smallest absolute Gasteiger partial charge is 0.117 e. The van der Waals surface area contributed by atoms with Crippen LogP contribution in [0.4, 0.5) is 0 Å². The molecule has 2 nitrogen and oxygen atoms in total. The molecule has 0 N–H and O–H groups in total. The Bertz CT molecular complexity index is 246. The van der Waals surface area contributed by atoms with E-state index < -0.39 is 0 Å². The van der Waals surface area contributed by atoms with Gasteiger partial charge in [-0.1, -0.05) is 48.0 Å². The zero-order valence-corrected chi connectivity index (χ0v) is 16.4.